The van der Waals surface area contributed by atoms with Crippen molar-refractivity contribution in [2.45, 2.75) is 38.1 Å². The van der Waals surface area contributed by atoms with E-state index in [9.17, 15) is 14.7 Å². The number of aromatic nitrogens is 2. The Balaban J connectivity index is 1.74. The fraction of sp³-hybridized carbons (Fsp3) is 0.389. The van der Waals surface area contributed by atoms with Gasteiger partial charge in [0.2, 0.25) is 0 Å². The van der Waals surface area contributed by atoms with Crippen molar-refractivity contribution >= 4 is 11.9 Å². The Labute approximate surface area is 139 Å². The zero-order valence-electron chi connectivity index (χ0n) is 13.3. The van der Waals surface area contributed by atoms with Crippen molar-refractivity contribution in [3.8, 4) is 5.69 Å². The summed E-state index contributed by atoms with van der Waals surface area (Å²) in [4.78, 5) is 25.8. The number of hydrogen-bond acceptors (Lipinski definition) is 3. The third kappa shape index (κ3) is 2.29. The Morgan fingerprint density at radius 2 is 1.92 bits per heavy atom. The first-order chi connectivity index (χ1) is 11.7. The van der Waals surface area contributed by atoms with Crippen LogP contribution in [0.25, 0.3) is 5.69 Å². The standard InChI is InChI=1S/C18H19N3O3/c22-17(20-11-5-10-15(20)18(23)24)16-13-8-4-9-14(13)21(19-16)12-6-2-1-3-7-12/h1-3,6-7,15H,4-5,8-11H2,(H,23,24)/t15-/m0/s1. The second-order valence-electron chi connectivity index (χ2n) is 6.37. The van der Waals surface area contributed by atoms with Crippen LogP contribution in [0, 0.1) is 0 Å². The molecule has 1 amide bonds. The van der Waals surface area contributed by atoms with Gasteiger partial charge < -0.3 is 10.0 Å². The van der Waals surface area contributed by atoms with Crippen LogP contribution in [0.2, 0.25) is 0 Å². The number of hydrogen-bond donors (Lipinski definition) is 1. The molecular weight excluding hydrogens is 306 g/mol. The van der Waals surface area contributed by atoms with Gasteiger partial charge in [-0.15, -0.1) is 0 Å². The molecule has 1 fully saturated rings. The zero-order valence-corrected chi connectivity index (χ0v) is 13.3. The first kappa shape index (κ1) is 14.9. The topological polar surface area (TPSA) is 75.4 Å². The summed E-state index contributed by atoms with van der Waals surface area (Å²) in [7, 11) is 0. The van der Waals surface area contributed by atoms with Crippen molar-refractivity contribution < 1.29 is 14.7 Å². The minimum absolute atomic E-state index is 0.243. The minimum Gasteiger partial charge on any atom is -0.480 e. The highest BCUT2D eigenvalue weighted by atomic mass is 16.4. The van der Waals surface area contributed by atoms with E-state index < -0.39 is 12.0 Å². The number of carbonyl (C=O) groups is 2. The van der Waals surface area contributed by atoms with Crippen LogP contribution in [0.4, 0.5) is 0 Å². The van der Waals surface area contributed by atoms with Crippen molar-refractivity contribution in [2.75, 3.05) is 6.54 Å². The van der Waals surface area contributed by atoms with Gasteiger partial charge in [-0.2, -0.15) is 5.10 Å². The van der Waals surface area contributed by atoms with E-state index in [1.807, 2.05) is 35.0 Å². The summed E-state index contributed by atoms with van der Waals surface area (Å²) in [5.41, 5.74) is 3.43. The molecule has 24 heavy (non-hydrogen) atoms. The number of carboxylic acid groups (broad SMARTS) is 1. The second-order valence-corrected chi connectivity index (χ2v) is 6.37. The van der Waals surface area contributed by atoms with Crippen LogP contribution >= 0.6 is 0 Å². The van der Waals surface area contributed by atoms with Crippen LogP contribution in [-0.2, 0) is 17.6 Å². The minimum atomic E-state index is -0.931. The molecule has 6 heteroatoms. The van der Waals surface area contributed by atoms with Crippen LogP contribution in [0.5, 0.6) is 0 Å². The van der Waals surface area contributed by atoms with Crippen molar-refractivity contribution in [3.63, 3.8) is 0 Å². The van der Waals surface area contributed by atoms with Crippen LogP contribution in [0.1, 0.15) is 41.0 Å². The van der Waals surface area contributed by atoms with Gasteiger partial charge >= 0.3 is 5.97 Å². The molecule has 2 aliphatic rings. The van der Waals surface area contributed by atoms with Gasteiger partial charge in [-0.05, 0) is 44.2 Å². The number of carbonyl (C=O) groups excluding carboxylic acids is 1. The van der Waals surface area contributed by atoms with E-state index in [1.165, 1.54) is 4.90 Å². The Morgan fingerprint density at radius 3 is 2.67 bits per heavy atom. The molecule has 0 saturated carbocycles. The Hall–Kier alpha value is -2.63. The van der Waals surface area contributed by atoms with Gasteiger partial charge in [0, 0.05) is 17.8 Å². The molecule has 0 spiro atoms. The third-order valence-electron chi connectivity index (χ3n) is 4.93. The first-order valence-electron chi connectivity index (χ1n) is 8.37. The van der Waals surface area contributed by atoms with E-state index in [4.69, 9.17) is 0 Å². The number of para-hydroxylation sites is 1. The van der Waals surface area contributed by atoms with Gasteiger partial charge in [-0.25, -0.2) is 9.48 Å². The molecule has 1 aliphatic heterocycles. The summed E-state index contributed by atoms with van der Waals surface area (Å²) in [6, 6.07) is 9.05. The lowest BCUT2D eigenvalue weighted by Gasteiger charge is -2.20. The van der Waals surface area contributed by atoms with E-state index in [0.717, 1.165) is 42.6 Å². The fourth-order valence-electron chi connectivity index (χ4n) is 3.79. The van der Waals surface area contributed by atoms with E-state index in [2.05, 4.69) is 5.10 Å². The normalized spacial score (nSPS) is 19.5. The molecule has 6 nitrogen and oxygen atoms in total. The summed E-state index contributed by atoms with van der Waals surface area (Å²) < 4.78 is 1.85. The third-order valence-corrected chi connectivity index (χ3v) is 4.93. The Bertz CT molecular complexity index is 797. The van der Waals surface area contributed by atoms with Gasteiger partial charge in [0.1, 0.15) is 6.04 Å². The summed E-state index contributed by atoms with van der Waals surface area (Å²) in [5.74, 6) is -1.17. The number of nitrogens with zero attached hydrogens (tertiary/aromatic N) is 3. The smallest absolute Gasteiger partial charge is 0.326 e. The average Bonchev–Trinajstić information content (AvgIpc) is 3.30. The largest absolute Gasteiger partial charge is 0.480 e. The van der Waals surface area contributed by atoms with E-state index in [0.29, 0.717) is 18.7 Å². The first-order valence-corrected chi connectivity index (χ1v) is 8.37. The van der Waals surface area contributed by atoms with Crippen LogP contribution in [0.3, 0.4) is 0 Å². The maximum Gasteiger partial charge on any atom is 0.326 e. The van der Waals surface area contributed by atoms with Gasteiger partial charge in [-0.3, -0.25) is 4.79 Å². The Kier molecular flexibility index (Phi) is 3.59. The number of benzene rings is 1. The number of fused-ring (bicyclic) bond motifs is 1. The van der Waals surface area contributed by atoms with E-state index in [-0.39, 0.29) is 5.91 Å². The molecule has 1 aromatic heterocycles. The fourth-order valence-corrected chi connectivity index (χ4v) is 3.79. The highest BCUT2D eigenvalue weighted by Gasteiger charge is 2.37. The summed E-state index contributed by atoms with van der Waals surface area (Å²) in [6.07, 6.45) is 3.97. The van der Waals surface area contributed by atoms with Gasteiger partial charge in [0.25, 0.3) is 5.91 Å². The quantitative estimate of drug-likeness (QED) is 0.937. The van der Waals surface area contributed by atoms with E-state index >= 15 is 0 Å². The molecule has 0 unspecified atom stereocenters. The highest BCUT2D eigenvalue weighted by Crippen LogP contribution is 2.30. The number of likely N-dealkylation sites (tertiary alicyclic amines) is 1. The molecule has 124 valence electrons. The summed E-state index contributed by atoms with van der Waals surface area (Å²) in [5, 5.41) is 13.9. The number of rotatable bonds is 3. The van der Waals surface area contributed by atoms with Gasteiger partial charge in [0.15, 0.2) is 5.69 Å². The molecule has 1 atom stereocenters. The van der Waals surface area contributed by atoms with Crippen molar-refractivity contribution in [3.05, 3.63) is 47.3 Å². The SMILES string of the molecule is O=C(O)[C@@H]1CCCN1C(=O)c1nn(-c2ccccc2)c2c1CCC2. The molecule has 1 aromatic carbocycles. The molecule has 0 bridgehead atoms. The van der Waals surface area contributed by atoms with E-state index in [1.54, 1.807) is 0 Å². The van der Waals surface area contributed by atoms with Crippen LogP contribution in [0.15, 0.2) is 30.3 Å². The Morgan fingerprint density at radius 1 is 1.12 bits per heavy atom. The number of aliphatic carboxylic acids is 1. The molecule has 1 saturated heterocycles. The van der Waals surface area contributed by atoms with Crippen LogP contribution < -0.4 is 0 Å². The molecule has 4 rings (SSSR count). The molecular formula is C18H19N3O3. The molecule has 2 aromatic rings. The lowest BCUT2D eigenvalue weighted by atomic mass is 10.1. The second kappa shape index (κ2) is 5.78. The maximum absolute atomic E-state index is 13.0. The lowest BCUT2D eigenvalue weighted by Crippen LogP contribution is -2.40. The van der Waals surface area contributed by atoms with Gasteiger partial charge in [-0.1, -0.05) is 18.2 Å². The summed E-state index contributed by atoms with van der Waals surface area (Å²) in [6.45, 7) is 0.489. The van der Waals surface area contributed by atoms with Crippen molar-refractivity contribution in [2.24, 2.45) is 0 Å². The molecule has 1 N–H and O–H groups in total. The highest BCUT2D eigenvalue weighted by molar-refractivity contribution is 5.97. The number of carboxylic acids is 1. The van der Waals surface area contributed by atoms with Gasteiger partial charge in [0.05, 0.1) is 5.69 Å². The molecule has 1 aliphatic carbocycles. The zero-order chi connectivity index (χ0) is 16.7. The van der Waals surface area contributed by atoms with Crippen molar-refractivity contribution in [1.29, 1.82) is 0 Å². The predicted molar refractivity (Wildman–Crippen MR) is 87.3 cm³/mol. The maximum atomic E-state index is 13.0. The number of amides is 1. The predicted octanol–water partition coefficient (Wildman–Crippen LogP) is 2.05. The van der Waals surface area contributed by atoms with Crippen LogP contribution in [-0.4, -0.2) is 44.3 Å². The van der Waals surface area contributed by atoms with Crippen molar-refractivity contribution in [1.82, 2.24) is 14.7 Å². The molecule has 2 heterocycles. The average molecular weight is 325 g/mol. The monoisotopic (exact) mass is 325 g/mol. The lowest BCUT2D eigenvalue weighted by molar-refractivity contribution is -0.141. The summed E-state index contributed by atoms with van der Waals surface area (Å²) >= 11 is 0. The molecule has 0 radical (unpaired) electrons.